The molecule has 1 amide bonds. The highest BCUT2D eigenvalue weighted by Crippen LogP contribution is 2.25. The molecule has 0 fully saturated rings. The average Bonchev–Trinajstić information content (AvgIpc) is 2.28. The van der Waals surface area contributed by atoms with Crippen LogP contribution in [0.5, 0.6) is 0 Å². The van der Waals surface area contributed by atoms with E-state index in [1.54, 1.807) is 18.2 Å². The molecule has 0 aliphatic carbocycles. The number of hydrogen-bond donors (Lipinski definition) is 2. The van der Waals surface area contributed by atoms with Crippen LogP contribution in [0, 0.1) is 0 Å². The molecule has 0 spiro atoms. The molecule has 0 saturated heterocycles. The van der Waals surface area contributed by atoms with Gasteiger partial charge in [-0.3, -0.25) is 4.79 Å². The lowest BCUT2D eigenvalue weighted by molar-refractivity contribution is -0.114. The average molecular weight is 263 g/mol. The molecule has 0 unspecified atom stereocenters. The van der Waals surface area contributed by atoms with Crippen molar-refractivity contribution in [3.8, 4) is 11.3 Å². The van der Waals surface area contributed by atoms with Crippen molar-refractivity contribution in [2.24, 2.45) is 0 Å². The van der Waals surface area contributed by atoms with Crippen LogP contribution in [0.1, 0.15) is 6.92 Å². The first-order chi connectivity index (χ1) is 8.56. The van der Waals surface area contributed by atoms with Crippen molar-refractivity contribution < 1.29 is 4.79 Å². The van der Waals surface area contributed by atoms with Crippen LogP contribution in [0.3, 0.4) is 0 Å². The molecule has 1 heterocycles. The minimum atomic E-state index is -0.223. The lowest BCUT2D eigenvalue weighted by atomic mass is 10.1. The summed E-state index contributed by atoms with van der Waals surface area (Å²) in [6.07, 6.45) is 1.45. The van der Waals surface area contributed by atoms with E-state index in [2.05, 4.69) is 15.3 Å². The minimum Gasteiger partial charge on any atom is -0.382 e. The van der Waals surface area contributed by atoms with Crippen LogP contribution in [0.25, 0.3) is 11.3 Å². The fraction of sp³-hybridized carbons (Fsp3) is 0.0833. The standard InChI is InChI=1S/C12H11ClN4O/c1-7(18)16-10-6-15-11(12(14)17-10)8-3-2-4-9(13)5-8/h2-6H,1H3,(H3,14,16,17,18). The van der Waals surface area contributed by atoms with Gasteiger partial charge in [-0.1, -0.05) is 23.7 Å². The molecule has 0 bridgehead atoms. The van der Waals surface area contributed by atoms with Crippen molar-refractivity contribution >= 4 is 29.1 Å². The van der Waals surface area contributed by atoms with E-state index in [9.17, 15) is 4.79 Å². The van der Waals surface area contributed by atoms with Crippen molar-refractivity contribution in [2.45, 2.75) is 6.92 Å². The zero-order chi connectivity index (χ0) is 13.1. The Kier molecular flexibility index (Phi) is 3.43. The van der Waals surface area contributed by atoms with Crippen LogP contribution in [0.2, 0.25) is 5.02 Å². The summed E-state index contributed by atoms with van der Waals surface area (Å²) in [5.74, 6) is 0.341. The number of rotatable bonds is 2. The summed E-state index contributed by atoms with van der Waals surface area (Å²) in [5.41, 5.74) is 7.12. The zero-order valence-corrected chi connectivity index (χ0v) is 10.4. The number of hydrogen-bond acceptors (Lipinski definition) is 4. The minimum absolute atomic E-state index is 0.223. The van der Waals surface area contributed by atoms with Gasteiger partial charge in [-0.2, -0.15) is 0 Å². The molecule has 3 N–H and O–H groups in total. The maximum absolute atomic E-state index is 10.9. The van der Waals surface area contributed by atoms with Gasteiger partial charge in [0.1, 0.15) is 5.69 Å². The molecule has 1 aromatic heterocycles. The van der Waals surface area contributed by atoms with Gasteiger partial charge in [0.2, 0.25) is 5.91 Å². The van der Waals surface area contributed by atoms with Crippen LogP contribution in [0.4, 0.5) is 11.6 Å². The smallest absolute Gasteiger partial charge is 0.222 e. The van der Waals surface area contributed by atoms with Crippen molar-refractivity contribution in [1.29, 1.82) is 0 Å². The van der Waals surface area contributed by atoms with Gasteiger partial charge in [0.15, 0.2) is 11.6 Å². The number of carbonyl (C=O) groups is 1. The first-order valence-electron chi connectivity index (χ1n) is 5.22. The van der Waals surface area contributed by atoms with Crippen LogP contribution >= 0.6 is 11.6 Å². The second-order valence-corrected chi connectivity index (χ2v) is 4.12. The summed E-state index contributed by atoms with van der Waals surface area (Å²) in [5, 5.41) is 3.11. The second kappa shape index (κ2) is 5.01. The Morgan fingerprint density at radius 3 is 2.83 bits per heavy atom. The van der Waals surface area contributed by atoms with Gasteiger partial charge in [-0.05, 0) is 12.1 Å². The van der Waals surface area contributed by atoms with E-state index in [1.807, 2.05) is 6.07 Å². The quantitative estimate of drug-likeness (QED) is 0.870. The fourth-order valence-electron chi connectivity index (χ4n) is 1.50. The maximum atomic E-state index is 10.9. The molecule has 0 aliphatic heterocycles. The number of nitrogens with one attached hydrogen (secondary N) is 1. The summed E-state index contributed by atoms with van der Waals surface area (Å²) < 4.78 is 0. The van der Waals surface area contributed by atoms with Crippen LogP contribution in [0.15, 0.2) is 30.5 Å². The molecule has 0 atom stereocenters. The number of nitrogen functional groups attached to an aromatic ring is 1. The summed E-state index contributed by atoms with van der Waals surface area (Å²) in [6, 6.07) is 7.16. The number of nitrogens with two attached hydrogens (primary N) is 1. The number of halogens is 1. The number of carbonyl (C=O) groups excluding carboxylic acids is 1. The van der Waals surface area contributed by atoms with Crippen molar-refractivity contribution in [3.63, 3.8) is 0 Å². The maximum Gasteiger partial charge on any atom is 0.222 e. The zero-order valence-electron chi connectivity index (χ0n) is 9.64. The number of benzene rings is 1. The Balaban J connectivity index is 2.38. The van der Waals surface area contributed by atoms with Gasteiger partial charge >= 0.3 is 0 Å². The molecule has 2 aromatic rings. The third-order valence-corrected chi connectivity index (χ3v) is 2.44. The lowest BCUT2D eigenvalue weighted by Gasteiger charge is -2.07. The fourth-order valence-corrected chi connectivity index (χ4v) is 1.69. The molecule has 2 rings (SSSR count). The van der Waals surface area contributed by atoms with E-state index >= 15 is 0 Å². The molecule has 5 nitrogen and oxygen atoms in total. The molecule has 0 saturated carbocycles. The van der Waals surface area contributed by atoms with Crippen LogP contribution in [-0.2, 0) is 4.79 Å². The van der Waals surface area contributed by atoms with Crippen LogP contribution < -0.4 is 11.1 Å². The van der Waals surface area contributed by atoms with Gasteiger partial charge < -0.3 is 11.1 Å². The first-order valence-corrected chi connectivity index (χ1v) is 5.60. The third kappa shape index (κ3) is 2.75. The molecule has 18 heavy (non-hydrogen) atoms. The van der Waals surface area contributed by atoms with Crippen molar-refractivity contribution in [1.82, 2.24) is 9.97 Å². The lowest BCUT2D eigenvalue weighted by Crippen LogP contribution is -2.09. The predicted molar refractivity (Wildman–Crippen MR) is 71.2 cm³/mol. The summed E-state index contributed by atoms with van der Waals surface area (Å²) in [6.45, 7) is 1.39. The van der Waals surface area contributed by atoms with E-state index in [4.69, 9.17) is 17.3 Å². The molecule has 0 radical (unpaired) electrons. The normalized spacial score (nSPS) is 10.1. The number of nitrogens with zero attached hydrogens (tertiary/aromatic N) is 2. The Hall–Kier alpha value is -2.14. The van der Waals surface area contributed by atoms with Gasteiger partial charge in [-0.15, -0.1) is 0 Å². The van der Waals surface area contributed by atoms with E-state index < -0.39 is 0 Å². The predicted octanol–water partition coefficient (Wildman–Crippen LogP) is 2.34. The SMILES string of the molecule is CC(=O)Nc1cnc(-c2cccc(Cl)c2)c(N)n1. The second-order valence-electron chi connectivity index (χ2n) is 3.68. The summed E-state index contributed by atoms with van der Waals surface area (Å²) in [4.78, 5) is 19.1. The monoisotopic (exact) mass is 262 g/mol. The molecule has 0 aliphatic rings. The highest BCUT2D eigenvalue weighted by atomic mass is 35.5. The van der Waals surface area contributed by atoms with E-state index in [-0.39, 0.29) is 11.7 Å². The summed E-state index contributed by atoms with van der Waals surface area (Å²) >= 11 is 5.90. The number of aromatic nitrogens is 2. The Morgan fingerprint density at radius 1 is 1.44 bits per heavy atom. The molecular weight excluding hydrogens is 252 g/mol. The Labute approximate surface area is 109 Å². The molecular formula is C12H11ClN4O. The van der Waals surface area contributed by atoms with Gasteiger partial charge in [0, 0.05) is 17.5 Å². The number of anilines is 2. The highest BCUT2D eigenvalue weighted by molar-refractivity contribution is 6.30. The molecule has 6 heteroatoms. The largest absolute Gasteiger partial charge is 0.382 e. The van der Waals surface area contributed by atoms with Gasteiger partial charge in [0.25, 0.3) is 0 Å². The first kappa shape index (κ1) is 12.3. The topological polar surface area (TPSA) is 80.9 Å². The van der Waals surface area contributed by atoms with E-state index in [0.29, 0.717) is 16.5 Å². The van der Waals surface area contributed by atoms with Crippen molar-refractivity contribution in [3.05, 3.63) is 35.5 Å². The van der Waals surface area contributed by atoms with E-state index in [0.717, 1.165) is 5.56 Å². The third-order valence-electron chi connectivity index (χ3n) is 2.20. The number of amides is 1. The summed E-state index contributed by atoms with van der Waals surface area (Å²) in [7, 11) is 0. The Morgan fingerprint density at radius 2 is 2.22 bits per heavy atom. The molecule has 92 valence electrons. The van der Waals surface area contributed by atoms with Crippen molar-refractivity contribution in [2.75, 3.05) is 11.1 Å². The molecule has 1 aromatic carbocycles. The van der Waals surface area contributed by atoms with E-state index in [1.165, 1.54) is 13.1 Å². The highest BCUT2D eigenvalue weighted by Gasteiger charge is 2.08. The van der Waals surface area contributed by atoms with Crippen LogP contribution in [-0.4, -0.2) is 15.9 Å². The van der Waals surface area contributed by atoms with Gasteiger partial charge in [-0.25, -0.2) is 9.97 Å². The van der Waals surface area contributed by atoms with Gasteiger partial charge in [0.05, 0.1) is 6.20 Å². The Bertz CT molecular complexity index is 600.